The highest BCUT2D eigenvalue weighted by atomic mass is 35.5. The summed E-state index contributed by atoms with van der Waals surface area (Å²) in [6.45, 7) is 0. The molecule has 2 atom stereocenters. The second-order valence-corrected chi connectivity index (χ2v) is 8.15. The van der Waals surface area contributed by atoms with Crippen molar-refractivity contribution in [1.82, 2.24) is 9.88 Å². The molecule has 0 saturated carbocycles. The van der Waals surface area contributed by atoms with Gasteiger partial charge in [0.05, 0.1) is 12.0 Å². The standard InChI is InChI=1S/C25H20ClN3O2/c1-29-23(20-14-27-21-12-5-4-9-17(20)21)22(18-10-2-3-11-19(18)25(29)31)24(30)28-16-8-6-7-15(26)13-16/h2-14,22-23,27H,1H3,(H,28,30). The summed E-state index contributed by atoms with van der Waals surface area (Å²) in [6, 6.07) is 21.8. The molecule has 2 heterocycles. The number of aromatic amines is 1. The lowest BCUT2D eigenvalue weighted by atomic mass is 9.79. The van der Waals surface area contributed by atoms with Gasteiger partial charge in [-0.2, -0.15) is 0 Å². The van der Waals surface area contributed by atoms with Gasteiger partial charge in [0, 0.05) is 46.0 Å². The van der Waals surface area contributed by atoms with Crippen LogP contribution in [0.1, 0.15) is 33.4 Å². The van der Waals surface area contributed by atoms with E-state index in [2.05, 4.69) is 10.3 Å². The van der Waals surface area contributed by atoms with Crippen LogP contribution in [0, 0.1) is 0 Å². The van der Waals surface area contributed by atoms with E-state index in [0.717, 1.165) is 22.0 Å². The van der Waals surface area contributed by atoms with E-state index < -0.39 is 12.0 Å². The molecule has 1 aliphatic heterocycles. The van der Waals surface area contributed by atoms with E-state index in [1.807, 2.05) is 48.7 Å². The molecular weight excluding hydrogens is 410 g/mol. The van der Waals surface area contributed by atoms with Gasteiger partial charge >= 0.3 is 0 Å². The average molecular weight is 430 g/mol. The number of aromatic nitrogens is 1. The SMILES string of the molecule is CN1C(=O)c2ccccc2C(C(=O)Nc2cccc(Cl)c2)C1c1c[nH]c2ccccc12. The number of carbonyl (C=O) groups is 2. The minimum absolute atomic E-state index is 0.0994. The van der Waals surface area contributed by atoms with E-state index in [-0.39, 0.29) is 11.8 Å². The van der Waals surface area contributed by atoms with Gasteiger partial charge in [-0.3, -0.25) is 9.59 Å². The monoisotopic (exact) mass is 429 g/mol. The highest BCUT2D eigenvalue weighted by molar-refractivity contribution is 6.30. The van der Waals surface area contributed by atoms with Gasteiger partial charge in [-0.15, -0.1) is 0 Å². The maximum Gasteiger partial charge on any atom is 0.254 e. The van der Waals surface area contributed by atoms with Crippen molar-refractivity contribution in [2.45, 2.75) is 12.0 Å². The zero-order valence-corrected chi connectivity index (χ0v) is 17.6. The summed E-state index contributed by atoms with van der Waals surface area (Å²) >= 11 is 6.10. The molecule has 0 saturated heterocycles. The third kappa shape index (κ3) is 3.27. The van der Waals surface area contributed by atoms with Crippen LogP contribution < -0.4 is 5.32 Å². The third-order valence-corrected chi connectivity index (χ3v) is 6.13. The van der Waals surface area contributed by atoms with Crippen molar-refractivity contribution >= 4 is 40.0 Å². The molecule has 5 nitrogen and oxygen atoms in total. The number of halogens is 1. The van der Waals surface area contributed by atoms with Gasteiger partial charge in [0.1, 0.15) is 0 Å². The fourth-order valence-corrected chi connectivity index (χ4v) is 4.66. The molecule has 5 rings (SSSR count). The number of amides is 2. The largest absolute Gasteiger partial charge is 0.361 e. The van der Waals surface area contributed by atoms with Gasteiger partial charge in [-0.1, -0.05) is 54.1 Å². The number of anilines is 1. The zero-order chi connectivity index (χ0) is 21.5. The maximum absolute atomic E-state index is 13.6. The summed E-state index contributed by atoms with van der Waals surface area (Å²) in [5.41, 5.74) is 3.76. The first kappa shape index (κ1) is 19.4. The summed E-state index contributed by atoms with van der Waals surface area (Å²) in [6.07, 6.45) is 1.90. The Kier molecular flexibility index (Phi) is 4.75. The summed E-state index contributed by atoms with van der Waals surface area (Å²) in [4.78, 5) is 31.8. The first-order chi connectivity index (χ1) is 15.0. The molecule has 0 radical (unpaired) electrons. The van der Waals surface area contributed by atoms with E-state index in [9.17, 15) is 9.59 Å². The number of para-hydroxylation sites is 1. The van der Waals surface area contributed by atoms with Crippen molar-refractivity contribution < 1.29 is 9.59 Å². The van der Waals surface area contributed by atoms with E-state index in [4.69, 9.17) is 11.6 Å². The number of benzene rings is 3. The molecule has 1 aromatic heterocycles. The molecule has 1 aliphatic rings. The number of nitrogens with one attached hydrogen (secondary N) is 2. The molecule has 4 aromatic rings. The Morgan fingerprint density at radius 3 is 2.61 bits per heavy atom. The predicted molar refractivity (Wildman–Crippen MR) is 122 cm³/mol. The molecule has 2 N–H and O–H groups in total. The van der Waals surface area contributed by atoms with Crippen LogP contribution in [0.25, 0.3) is 10.9 Å². The third-order valence-electron chi connectivity index (χ3n) is 5.89. The average Bonchev–Trinajstić information content (AvgIpc) is 3.20. The Labute approximate surface area is 184 Å². The van der Waals surface area contributed by atoms with Gasteiger partial charge in [0.15, 0.2) is 0 Å². The smallest absolute Gasteiger partial charge is 0.254 e. The molecule has 0 aliphatic carbocycles. The van der Waals surface area contributed by atoms with Crippen LogP contribution in [0.4, 0.5) is 5.69 Å². The van der Waals surface area contributed by atoms with Gasteiger partial charge < -0.3 is 15.2 Å². The predicted octanol–water partition coefficient (Wildman–Crippen LogP) is 5.37. The van der Waals surface area contributed by atoms with E-state index in [0.29, 0.717) is 16.3 Å². The van der Waals surface area contributed by atoms with Crippen LogP contribution in [0.3, 0.4) is 0 Å². The molecule has 31 heavy (non-hydrogen) atoms. The van der Waals surface area contributed by atoms with Crippen molar-refractivity contribution in [3.8, 4) is 0 Å². The Morgan fingerprint density at radius 1 is 1.00 bits per heavy atom. The molecule has 0 fully saturated rings. The zero-order valence-electron chi connectivity index (χ0n) is 16.8. The first-order valence-electron chi connectivity index (χ1n) is 10.0. The molecule has 0 spiro atoms. The van der Waals surface area contributed by atoms with Gasteiger partial charge in [0.25, 0.3) is 5.91 Å². The Morgan fingerprint density at radius 2 is 1.77 bits per heavy atom. The minimum Gasteiger partial charge on any atom is -0.361 e. The molecule has 154 valence electrons. The Hall–Kier alpha value is -3.57. The Bertz CT molecular complexity index is 1310. The second kappa shape index (κ2) is 7.60. The quantitative estimate of drug-likeness (QED) is 0.459. The number of nitrogens with zero attached hydrogens (tertiary/aromatic N) is 1. The summed E-state index contributed by atoms with van der Waals surface area (Å²) in [5, 5.41) is 4.53. The van der Waals surface area contributed by atoms with Gasteiger partial charge in [0.2, 0.25) is 5.91 Å². The molecular formula is C25H20ClN3O2. The lowest BCUT2D eigenvalue weighted by Gasteiger charge is -2.39. The van der Waals surface area contributed by atoms with Crippen LogP contribution in [-0.2, 0) is 4.79 Å². The van der Waals surface area contributed by atoms with Crippen LogP contribution in [0.2, 0.25) is 5.02 Å². The highest BCUT2D eigenvalue weighted by Gasteiger charge is 2.43. The lowest BCUT2D eigenvalue weighted by Crippen LogP contribution is -2.44. The van der Waals surface area contributed by atoms with Gasteiger partial charge in [-0.25, -0.2) is 0 Å². The molecule has 6 heteroatoms. The highest BCUT2D eigenvalue weighted by Crippen LogP contribution is 2.44. The van der Waals surface area contributed by atoms with Crippen LogP contribution in [0.15, 0.2) is 79.0 Å². The second-order valence-electron chi connectivity index (χ2n) is 7.72. The first-order valence-corrected chi connectivity index (χ1v) is 10.4. The van der Waals surface area contributed by atoms with Crippen molar-refractivity contribution in [3.05, 3.63) is 101 Å². The minimum atomic E-state index is -0.586. The fourth-order valence-electron chi connectivity index (χ4n) is 4.47. The maximum atomic E-state index is 13.6. The fraction of sp³-hybridized carbons (Fsp3) is 0.120. The van der Waals surface area contributed by atoms with E-state index in [1.54, 1.807) is 42.3 Å². The summed E-state index contributed by atoms with van der Waals surface area (Å²) in [7, 11) is 1.75. The number of hydrogen-bond acceptors (Lipinski definition) is 2. The van der Waals surface area contributed by atoms with Crippen molar-refractivity contribution in [2.24, 2.45) is 0 Å². The number of H-pyrrole nitrogens is 1. The van der Waals surface area contributed by atoms with E-state index >= 15 is 0 Å². The summed E-state index contributed by atoms with van der Waals surface area (Å²) in [5.74, 6) is -0.876. The summed E-state index contributed by atoms with van der Waals surface area (Å²) < 4.78 is 0. The molecule has 2 amide bonds. The number of rotatable bonds is 3. The Balaban J connectivity index is 1.66. The molecule has 0 bridgehead atoms. The van der Waals surface area contributed by atoms with Gasteiger partial charge in [-0.05, 0) is 35.9 Å². The van der Waals surface area contributed by atoms with Crippen LogP contribution >= 0.6 is 11.6 Å². The van der Waals surface area contributed by atoms with Crippen molar-refractivity contribution in [1.29, 1.82) is 0 Å². The van der Waals surface area contributed by atoms with Crippen molar-refractivity contribution in [3.63, 3.8) is 0 Å². The number of likely N-dealkylation sites (N-methyl/N-ethyl adjacent to an activating group) is 1. The van der Waals surface area contributed by atoms with E-state index in [1.165, 1.54) is 0 Å². The number of fused-ring (bicyclic) bond motifs is 2. The number of hydrogen-bond donors (Lipinski definition) is 2. The topological polar surface area (TPSA) is 65.2 Å². The van der Waals surface area contributed by atoms with Crippen molar-refractivity contribution in [2.75, 3.05) is 12.4 Å². The normalized spacial score (nSPS) is 18.1. The van der Waals surface area contributed by atoms with Crippen LogP contribution in [-0.4, -0.2) is 28.7 Å². The molecule has 2 unspecified atom stereocenters. The number of carbonyl (C=O) groups excluding carboxylic acids is 2. The molecule has 3 aromatic carbocycles. The van der Waals surface area contributed by atoms with Crippen LogP contribution in [0.5, 0.6) is 0 Å². The lowest BCUT2D eigenvalue weighted by molar-refractivity contribution is -0.119.